The molecular formula is C28H39N4O6P. The van der Waals surface area contributed by atoms with Crippen LogP contribution >= 0.6 is 7.60 Å². The fourth-order valence-electron chi connectivity index (χ4n) is 5.60. The van der Waals surface area contributed by atoms with Crippen LogP contribution < -0.4 is 16.2 Å². The molecular weight excluding hydrogens is 519 g/mol. The van der Waals surface area contributed by atoms with Gasteiger partial charge in [-0.3, -0.25) is 18.9 Å². The largest absolute Gasteiger partial charge is 0.357 e. The zero-order valence-corrected chi connectivity index (χ0v) is 23.8. The van der Waals surface area contributed by atoms with Gasteiger partial charge in [-0.2, -0.15) is 0 Å². The fourth-order valence-corrected chi connectivity index (χ4v) is 7.52. The minimum atomic E-state index is -3.72. The summed E-state index contributed by atoms with van der Waals surface area (Å²) in [5.74, 6) is -1.06. The molecule has 2 aliphatic rings. The Morgan fingerprint density at radius 1 is 1.00 bits per heavy atom. The maximum Gasteiger partial charge on any atom is 0.357 e. The lowest BCUT2D eigenvalue weighted by atomic mass is 9.83. The summed E-state index contributed by atoms with van der Waals surface area (Å²) < 4.78 is 26.5. The molecule has 0 radical (unpaired) electrons. The van der Waals surface area contributed by atoms with E-state index in [1.807, 2.05) is 22.8 Å². The molecule has 1 fully saturated rings. The van der Waals surface area contributed by atoms with Crippen LogP contribution in [0.5, 0.6) is 0 Å². The molecule has 1 aromatic carbocycles. The van der Waals surface area contributed by atoms with E-state index in [2.05, 4.69) is 15.5 Å². The Bertz CT molecular complexity index is 1240. The van der Waals surface area contributed by atoms with E-state index >= 15 is 0 Å². The zero-order valence-electron chi connectivity index (χ0n) is 22.9. The van der Waals surface area contributed by atoms with Crippen molar-refractivity contribution in [3.63, 3.8) is 0 Å². The summed E-state index contributed by atoms with van der Waals surface area (Å²) in [7, 11) is -3.72. The number of pyridine rings is 1. The first-order chi connectivity index (χ1) is 18.7. The first-order valence-corrected chi connectivity index (χ1v) is 15.3. The lowest BCUT2D eigenvalue weighted by Gasteiger charge is -2.42. The molecule has 4 unspecified atom stereocenters. The molecule has 0 spiro atoms. The van der Waals surface area contributed by atoms with Crippen molar-refractivity contribution in [3.05, 3.63) is 70.1 Å². The molecule has 2 bridgehead atoms. The number of likely N-dealkylation sites (tertiary alicyclic amines) is 1. The van der Waals surface area contributed by atoms with E-state index in [-0.39, 0.29) is 37.0 Å². The highest BCUT2D eigenvalue weighted by Gasteiger charge is 2.39. The van der Waals surface area contributed by atoms with Gasteiger partial charge in [0.1, 0.15) is 6.04 Å². The number of aromatic nitrogens is 1. The minimum Gasteiger partial charge on any atom is -0.345 e. The first kappa shape index (κ1) is 29.2. The molecule has 0 saturated carbocycles. The minimum absolute atomic E-state index is 0.0515. The highest BCUT2D eigenvalue weighted by molar-refractivity contribution is 7.54. The molecule has 2 aromatic rings. The van der Waals surface area contributed by atoms with Gasteiger partial charge in [-0.05, 0) is 44.7 Å². The monoisotopic (exact) mass is 558 g/mol. The molecule has 4 atom stereocenters. The van der Waals surface area contributed by atoms with E-state index in [0.717, 1.165) is 25.2 Å². The second-order valence-corrected chi connectivity index (χ2v) is 12.3. The number of carbonyl (C=O) groups excluding carboxylic acids is 2. The topological polar surface area (TPSA) is 119 Å². The van der Waals surface area contributed by atoms with Gasteiger partial charge in [0.2, 0.25) is 11.8 Å². The summed E-state index contributed by atoms with van der Waals surface area (Å²) in [6.07, 6.45) is 1.30. The number of carbonyl (C=O) groups is 2. The van der Waals surface area contributed by atoms with Gasteiger partial charge in [0.15, 0.2) is 5.78 Å². The van der Waals surface area contributed by atoms with Crippen LogP contribution in [0.4, 0.5) is 0 Å². The van der Waals surface area contributed by atoms with Crippen LogP contribution in [0, 0.1) is 5.92 Å². The summed E-state index contributed by atoms with van der Waals surface area (Å²) in [6, 6.07) is 13.5. The zero-order chi connectivity index (χ0) is 28.0. The third-order valence-corrected chi connectivity index (χ3v) is 9.61. The number of hydrogen-bond donors (Lipinski definition) is 2. The second kappa shape index (κ2) is 13.0. The molecule has 0 aliphatic carbocycles. The third kappa shape index (κ3) is 7.06. The quantitative estimate of drug-likeness (QED) is 0.384. The van der Waals surface area contributed by atoms with Crippen molar-refractivity contribution in [1.82, 2.24) is 20.1 Å². The fraction of sp³-hybridized carbons (Fsp3) is 0.536. The molecule has 1 saturated heterocycles. The van der Waals surface area contributed by atoms with Crippen LogP contribution in [-0.2, 0) is 29.7 Å². The lowest BCUT2D eigenvalue weighted by molar-refractivity contribution is -0.129. The van der Waals surface area contributed by atoms with Gasteiger partial charge >= 0.3 is 7.60 Å². The van der Waals surface area contributed by atoms with Gasteiger partial charge in [0, 0.05) is 50.3 Å². The molecule has 2 N–H and O–H groups in total. The summed E-state index contributed by atoms with van der Waals surface area (Å²) in [6.45, 7) is 8.26. The maximum absolute atomic E-state index is 13.6. The molecule has 2 aliphatic heterocycles. The first-order valence-electron chi connectivity index (χ1n) is 13.7. The van der Waals surface area contributed by atoms with Crippen LogP contribution in [0.3, 0.4) is 0 Å². The molecule has 39 heavy (non-hydrogen) atoms. The molecule has 212 valence electrons. The Hall–Kier alpha value is -2.78. The van der Waals surface area contributed by atoms with Crippen LogP contribution in [0.15, 0.2) is 53.3 Å². The van der Waals surface area contributed by atoms with Gasteiger partial charge in [-0.25, -0.2) is 0 Å². The van der Waals surface area contributed by atoms with E-state index in [0.29, 0.717) is 24.6 Å². The van der Waals surface area contributed by atoms with Crippen LogP contribution in [0.2, 0.25) is 0 Å². The van der Waals surface area contributed by atoms with Crippen molar-refractivity contribution in [1.29, 1.82) is 0 Å². The van der Waals surface area contributed by atoms with E-state index in [4.69, 9.17) is 9.05 Å². The van der Waals surface area contributed by atoms with Gasteiger partial charge in [0.25, 0.3) is 5.56 Å². The number of fused-ring (bicyclic) bond motifs is 4. The molecule has 11 heteroatoms. The summed E-state index contributed by atoms with van der Waals surface area (Å²) in [5, 5.41) is 5.56. The van der Waals surface area contributed by atoms with Crippen molar-refractivity contribution in [2.24, 2.45) is 5.92 Å². The number of hydrogen-bond acceptors (Lipinski definition) is 7. The average Bonchev–Trinajstić information content (AvgIpc) is 2.91. The van der Waals surface area contributed by atoms with Crippen molar-refractivity contribution >= 4 is 19.4 Å². The predicted molar refractivity (Wildman–Crippen MR) is 148 cm³/mol. The van der Waals surface area contributed by atoms with Gasteiger partial charge in [-0.1, -0.05) is 36.4 Å². The number of amides is 2. The van der Waals surface area contributed by atoms with E-state index in [1.165, 1.54) is 0 Å². The van der Waals surface area contributed by atoms with E-state index in [9.17, 15) is 18.9 Å². The Labute approximate surface area is 229 Å². The van der Waals surface area contributed by atoms with E-state index in [1.54, 1.807) is 51.1 Å². The van der Waals surface area contributed by atoms with Crippen LogP contribution in [-0.4, -0.2) is 60.2 Å². The second-order valence-electron chi connectivity index (χ2n) is 10.2. The van der Waals surface area contributed by atoms with Crippen molar-refractivity contribution in [2.75, 3.05) is 32.8 Å². The number of piperidine rings is 1. The van der Waals surface area contributed by atoms with Crippen LogP contribution in [0.25, 0.3) is 0 Å². The number of benzene rings is 1. The highest BCUT2D eigenvalue weighted by Crippen LogP contribution is 2.59. The van der Waals surface area contributed by atoms with Gasteiger partial charge < -0.3 is 29.1 Å². The summed E-state index contributed by atoms with van der Waals surface area (Å²) in [4.78, 5) is 40.4. The number of rotatable bonds is 12. The molecule has 1 aromatic heterocycles. The number of nitrogens with one attached hydrogen (secondary N) is 2. The molecule has 2 amide bonds. The Morgan fingerprint density at radius 3 is 2.41 bits per heavy atom. The Morgan fingerprint density at radius 2 is 1.72 bits per heavy atom. The lowest BCUT2D eigenvalue weighted by Crippen LogP contribution is -2.49. The normalized spacial score (nSPS) is 20.5. The van der Waals surface area contributed by atoms with Crippen LogP contribution in [0.1, 0.15) is 56.6 Å². The summed E-state index contributed by atoms with van der Waals surface area (Å²) in [5.41, 5.74) is 1.72. The average molecular weight is 559 g/mol. The predicted octanol–water partition coefficient (Wildman–Crippen LogP) is 3.24. The van der Waals surface area contributed by atoms with Crippen molar-refractivity contribution in [3.8, 4) is 0 Å². The van der Waals surface area contributed by atoms with E-state index < -0.39 is 25.3 Å². The van der Waals surface area contributed by atoms with Crippen molar-refractivity contribution < 1.29 is 23.2 Å². The molecule has 4 rings (SSSR count). The number of nitrogens with zero attached hydrogens (tertiary/aromatic N) is 2. The third-order valence-electron chi connectivity index (χ3n) is 7.31. The molecule has 10 nitrogen and oxygen atoms in total. The van der Waals surface area contributed by atoms with Gasteiger partial charge in [0.05, 0.1) is 13.2 Å². The SMILES string of the molecule is CCOP(=O)(OCC)C(NC(=O)C(C)NC(=O)CCN1CC2CC(C1)c1cccc(=O)n1C2)c1ccccc1. The van der Waals surface area contributed by atoms with Gasteiger partial charge in [-0.15, -0.1) is 0 Å². The molecule has 3 heterocycles. The standard InChI is InChI=1S/C28H39N4O6P/c1-4-37-39(36,38-5-2)28(22-10-7-6-8-11-22)30-27(35)20(3)29-25(33)14-15-31-17-21-16-23(19-31)24-12-9-13-26(34)32(24)18-21/h6-13,20-21,23,28H,4-5,14-19H2,1-3H3,(H,29,33)(H,30,35). The summed E-state index contributed by atoms with van der Waals surface area (Å²) >= 11 is 0. The maximum atomic E-state index is 13.6. The Kier molecular flexibility index (Phi) is 9.77. The van der Waals surface area contributed by atoms with Crippen molar-refractivity contribution in [2.45, 2.75) is 57.9 Å². The highest BCUT2D eigenvalue weighted by atomic mass is 31.2. The Balaban J connectivity index is 1.33. The smallest absolute Gasteiger partial charge is 0.345 e.